The van der Waals surface area contributed by atoms with Crippen LogP contribution in [0.4, 0.5) is 4.79 Å². The maximum atomic E-state index is 12.7. The van der Waals surface area contributed by atoms with E-state index >= 15 is 0 Å². The summed E-state index contributed by atoms with van der Waals surface area (Å²) in [5, 5.41) is 0. The average molecular weight is 377 g/mol. The molecule has 1 fully saturated rings. The Morgan fingerprint density at radius 3 is 2.44 bits per heavy atom. The first-order valence-electron chi connectivity index (χ1n) is 8.86. The number of ketones is 1. The first kappa shape index (κ1) is 20.7. The van der Waals surface area contributed by atoms with Gasteiger partial charge in [0.25, 0.3) is 0 Å². The molecule has 2 rings (SSSR count). The highest BCUT2D eigenvalue weighted by molar-refractivity contribution is 5.97. The number of likely N-dealkylation sites (tertiary alicyclic amines) is 1. The third-order valence-electron chi connectivity index (χ3n) is 4.45. The van der Waals surface area contributed by atoms with Gasteiger partial charge in [-0.25, -0.2) is 4.79 Å². The molecule has 1 aliphatic rings. The van der Waals surface area contributed by atoms with Gasteiger partial charge in [0.15, 0.2) is 0 Å². The van der Waals surface area contributed by atoms with Gasteiger partial charge in [0.2, 0.25) is 0 Å². The number of hydrogen-bond donors (Lipinski definition) is 0. The number of nitrogens with zero attached hydrogens (tertiary/aromatic N) is 1. The molecule has 0 saturated carbocycles. The number of amides is 1. The molecule has 1 amide bonds. The number of benzene rings is 1. The second-order valence-electron chi connectivity index (χ2n) is 7.59. The summed E-state index contributed by atoms with van der Waals surface area (Å²) in [6.45, 7) is 5.91. The van der Waals surface area contributed by atoms with Gasteiger partial charge in [-0.1, -0.05) is 12.1 Å². The number of ether oxygens (including phenoxy) is 3. The van der Waals surface area contributed by atoms with Crippen molar-refractivity contribution in [1.29, 1.82) is 0 Å². The Balaban J connectivity index is 2.27. The smallest absolute Gasteiger partial charge is 0.410 e. The zero-order chi connectivity index (χ0) is 20.2. The van der Waals surface area contributed by atoms with Gasteiger partial charge in [0.1, 0.15) is 23.6 Å². The van der Waals surface area contributed by atoms with Crippen LogP contribution in [0.2, 0.25) is 0 Å². The van der Waals surface area contributed by atoms with Crippen LogP contribution in [-0.2, 0) is 19.1 Å². The fourth-order valence-electron chi connectivity index (χ4n) is 3.16. The van der Waals surface area contributed by atoms with Crippen LogP contribution in [0.1, 0.15) is 38.7 Å². The highest BCUT2D eigenvalue weighted by Crippen LogP contribution is 2.36. The van der Waals surface area contributed by atoms with Crippen molar-refractivity contribution in [2.75, 3.05) is 27.3 Å². The molecule has 1 aromatic carbocycles. The summed E-state index contributed by atoms with van der Waals surface area (Å²) in [4.78, 5) is 38.3. The minimum absolute atomic E-state index is 0.201. The minimum Gasteiger partial charge on any atom is -0.497 e. The largest absolute Gasteiger partial charge is 0.497 e. The summed E-state index contributed by atoms with van der Waals surface area (Å²) < 4.78 is 15.3. The summed E-state index contributed by atoms with van der Waals surface area (Å²) in [6, 6.07) is 7.40. The van der Waals surface area contributed by atoms with Gasteiger partial charge in [-0.05, 0) is 38.5 Å². The van der Waals surface area contributed by atoms with Crippen LogP contribution in [0.25, 0.3) is 0 Å². The number of carbonyl (C=O) groups excluding carboxylic acids is 3. The highest BCUT2D eigenvalue weighted by atomic mass is 16.6. The van der Waals surface area contributed by atoms with E-state index < -0.39 is 23.6 Å². The number of methoxy groups -OCH3 is 2. The van der Waals surface area contributed by atoms with Crippen LogP contribution in [-0.4, -0.2) is 55.7 Å². The average Bonchev–Trinajstić information content (AvgIpc) is 3.06. The van der Waals surface area contributed by atoms with Crippen molar-refractivity contribution < 1.29 is 28.6 Å². The molecule has 7 heteroatoms. The molecule has 0 aliphatic carbocycles. The van der Waals surface area contributed by atoms with Gasteiger partial charge in [0.05, 0.1) is 14.2 Å². The van der Waals surface area contributed by atoms with E-state index in [1.54, 1.807) is 27.9 Å². The molecule has 27 heavy (non-hydrogen) atoms. The molecule has 1 aliphatic heterocycles. The minimum atomic E-state index is -0.628. The molecule has 1 heterocycles. The Kier molecular flexibility index (Phi) is 6.46. The number of carbonyl (C=O) groups is 3. The Bertz CT molecular complexity index is 709. The molecular weight excluding hydrogens is 350 g/mol. The van der Waals surface area contributed by atoms with Gasteiger partial charge >= 0.3 is 12.1 Å². The molecule has 0 bridgehead atoms. The van der Waals surface area contributed by atoms with Crippen molar-refractivity contribution in [3.05, 3.63) is 29.8 Å². The third kappa shape index (κ3) is 5.45. The molecule has 0 N–H and O–H groups in total. The van der Waals surface area contributed by atoms with Crippen molar-refractivity contribution in [2.24, 2.45) is 5.92 Å². The molecule has 148 valence electrons. The fourth-order valence-corrected chi connectivity index (χ4v) is 3.16. The molecule has 1 saturated heterocycles. The Morgan fingerprint density at radius 2 is 1.85 bits per heavy atom. The maximum absolute atomic E-state index is 12.7. The number of rotatable bonds is 5. The van der Waals surface area contributed by atoms with E-state index in [0.717, 1.165) is 5.56 Å². The van der Waals surface area contributed by atoms with Gasteiger partial charge in [-0.15, -0.1) is 0 Å². The Labute approximate surface area is 159 Å². The van der Waals surface area contributed by atoms with E-state index in [1.807, 2.05) is 24.3 Å². The number of hydrogen-bond acceptors (Lipinski definition) is 6. The second kappa shape index (κ2) is 8.41. The molecule has 0 spiro atoms. The van der Waals surface area contributed by atoms with E-state index in [0.29, 0.717) is 12.3 Å². The normalized spacial score (nSPS) is 19.5. The van der Waals surface area contributed by atoms with E-state index in [2.05, 4.69) is 4.74 Å². The summed E-state index contributed by atoms with van der Waals surface area (Å²) in [5.74, 6) is -0.920. The summed E-state index contributed by atoms with van der Waals surface area (Å²) in [7, 11) is 2.82. The molecule has 0 aromatic heterocycles. The van der Waals surface area contributed by atoms with Crippen LogP contribution >= 0.6 is 0 Å². The zero-order valence-corrected chi connectivity index (χ0v) is 16.5. The molecule has 0 unspecified atom stereocenters. The fraction of sp³-hybridized carbons (Fsp3) is 0.550. The molecule has 7 nitrogen and oxygen atoms in total. The number of esters is 1. The first-order chi connectivity index (χ1) is 12.6. The lowest BCUT2D eigenvalue weighted by molar-refractivity contribution is -0.144. The van der Waals surface area contributed by atoms with Crippen LogP contribution in [0, 0.1) is 5.92 Å². The topological polar surface area (TPSA) is 82.1 Å². The van der Waals surface area contributed by atoms with Crippen molar-refractivity contribution >= 4 is 17.8 Å². The zero-order valence-electron chi connectivity index (χ0n) is 16.5. The van der Waals surface area contributed by atoms with Gasteiger partial charge < -0.3 is 19.1 Å². The standard InChI is InChI=1S/C20H27NO6/c1-20(2,3)27-19(24)21-11-15(13-7-6-8-14(9-13)25-4)16(12-21)17(22)10-18(23)26-5/h6-9,15-16H,10-12H2,1-5H3/t15-,16+/m0/s1. The first-order valence-corrected chi connectivity index (χ1v) is 8.86. The number of Topliss-reactive ketones (excluding diaryl/α,β-unsaturated/α-hetero) is 1. The molecule has 2 atom stereocenters. The van der Waals surface area contributed by atoms with Gasteiger partial charge in [-0.3, -0.25) is 9.59 Å². The lowest BCUT2D eigenvalue weighted by Gasteiger charge is -2.24. The van der Waals surface area contributed by atoms with Crippen molar-refractivity contribution in [2.45, 2.75) is 38.7 Å². The third-order valence-corrected chi connectivity index (χ3v) is 4.45. The van der Waals surface area contributed by atoms with E-state index in [-0.39, 0.29) is 24.7 Å². The summed E-state index contributed by atoms with van der Waals surface area (Å²) in [5.41, 5.74) is 0.250. The van der Waals surface area contributed by atoms with E-state index in [9.17, 15) is 14.4 Å². The molecule has 1 aromatic rings. The highest BCUT2D eigenvalue weighted by Gasteiger charge is 2.42. The van der Waals surface area contributed by atoms with Crippen molar-refractivity contribution in [3.8, 4) is 5.75 Å². The van der Waals surface area contributed by atoms with Crippen LogP contribution in [0.3, 0.4) is 0 Å². The maximum Gasteiger partial charge on any atom is 0.410 e. The van der Waals surface area contributed by atoms with Gasteiger partial charge in [0, 0.05) is 24.9 Å². The van der Waals surface area contributed by atoms with Crippen LogP contribution < -0.4 is 4.74 Å². The van der Waals surface area contributed by atoms with Crippen LogP contribution in [0.5, 0.6) is 5.75 Å². The SMILES string of the molecule is COC(=O)CC(=O)[C@@H]1CN(C(=O)OC(C)(C)C)C[C@H]1c1cccc(OC)c1. The summed E-state index contributed by atoms with van der Waals surface area (Å²) >= 11 is 0. The van der Waals surface area contributed by atoms with E-state index in [1.165, 1.54) is 12.0 Å². The second-order valence-corrected chi connectivity index (χ2v) is 7.59. The Morgan fingerprint density at radius 1 is 1.15 bits per heavy atom. The van der Waals surface area contributed by atoms with Crippen molar-refractivity contribution in [1.82, 2.24) is 4.90 Å². The lowest BCUT2D eigenvalue weighted by atomic mass is 9.85. The van der Waals surface area contributed by atoms with Crippen molar-refractivity contribution in [3.63, 3.8) is 0 Å². The van der Waals surface area contributed by atoms with E-state index in [4.69, 9.17) is 9.47 Å². The quantitative estimate of drug-likeness (QED) is 0.580. The molecular formula is C20H27NO6. The summed E-state index contributed by atoms with van der Waals surface area (Å²) in [6.07, 6.45) is -0.784. The molecule has 0 radical (unpaired) electrons. The predicted octanol–water partition coefficient (Wildman–Crippen LogP) is 2.78. The predicted molar refractivity (Wildman–Crippen MR) is 98.7 cm³/mol. The van der Waals surface area contributed by atoms with Gasteiger partial charge in [-0.2, -0.15) is 0 Å². The lowest BCUT2D eigenvalue weighted by Crippen LogP contribution is -2.36. The van der Waals surface area contributed by atoms with Crippen LogP contribution in [0.15, 0.2) is 24.3 Å². The Hall–Kier alpha value is -2.57. The monoisotopic (exact) mass is 377 g/mol.